The molecule has 124 valence electrons. The quantitative estimate of drug-likeness (QED) is 0.852. The summed E-state index contributed by atoms with van der Waals surface area (Å²) in [6.45, 7) is 6.20. The van der Waals surface area contributed by atoms with Crippen LogP contribution in [-0.4, -0.2) is 52.8 Å². The molecule has 2 aromatic rings. The summed E-state index contributed by atoms with van der Waals surface area (Å²) in [6.07, 6.45) is 1.62. The van der Waals surface area contributed by atoms with Gasteiger partial charge in [0, 0.05) is 37.9 Å². The number of hydrogen-bond donors (Lipinski definition) is 0. The van der Waals surface area contributed by atoms with Gasteiger partial charge in [-0.1, -0.05) is 12.1 Å². The summed E-state index contributed by atoms with van der Waals surface area (Å²) < 4.78 is 0. The van der Waals surface area contributed by atoms with Crippen molar-refractivity contribution < 1.29 is 9.59 Å². The lowest BCUT2D eigenvalue weighted by Gasteiger charge is -2.34. The Hall–Kier alpha value is -2.69. The monoisotopic (exact) mass is 323 g/mol. The Bertz CT molecular complexity index is 750. The van der Waals surface area contributed by atoms with Gasteiger partial charge in [-0.05, 0) is 49.2 Å². The average Bonchev–Trinajstić information content (AvgIpc) is 2.63. The highest BCUT2D eigenvalue weighted by Crippen LogP contribution is 2.14. The van der Waals surface area contributed by atoms with Gasteiger partial charge in [0.05, 0.1) is 0 Å². The normalized spacial score (nSPS) is 14.6. The number of aromatic nitrogens is 1. The van der Waals surface area contributed by atoms with Gasteiger partial charge >= 0.3 is 0 Å². The van der Waals surface area contributed by atoms with E-state index in [2.05, 4.69) is 4.98 Å². The largest absolute Gasteiger partial charge is 0.335 e. The van der Waals surface area contributed by atoms with Crippen LogP contribution >= 0.6 is 0 Å². The Labute approximate surface area is 141 Å². The third-order valence-electron chi connectivity index (χ3n) is 4.49. The standard InChI is InChI=1S/C19H21N3O2/c1-14-6-7-16(13-15(14)2)18(23)21-9-11-22(12-10-21)19(24)17-5-3-4-8-20-17/h3-8,13H,9-12H2,1-2H3. The highest BCUT2D eigenvalue weighted by Gasteiger charge is 2.26. The van der Waals surface area contributed by atoms with Crippen molar-refractivity contribution in [3.05, 3.63) is 65.0 Å². The van der Waals surface area contributed by atoms with E-state index in [0.29, 0.717) is 37.4 Å². The molecule has 0 bridgehead atoms. The van der Waals surface area contributed by atoms with Gasteiger partial charge in [0.15, 0.2) is 0 Å². The maximum absolute atomic E-state index is 12.6. The summed E-state index contributed by atoms with van der Waals surface area (Å²) in [5.41, 5.74) is 3.45. The summed E-state index contributed by atoms with van der Waals surface area (Å²) in [4.78, 5) is 32.7. The number of aryl methyl sites for hydroxylation is 2. The van der Waals surface area contributed by atoms with Crippen molar-refractivity contribution in [2.45, 2.75) is 13.8 Å². The van der Waals surface area contributed by atoms with Crippen molar-refractivity contribution in [1.82, 2.24) is 14.8 Å². The van der Waals surface area contributed by atoms with Crippen LogP contribution in [0.1, 0.15) is 32.0 Å². The molecule has 1 fully saturated rings. The molecule has 1 aliphatic heterocycles. The van der Waals surface area contributed by atoms with Crippen LogP contribution in [0.4, 0.5) is 0 Å². The van der Waals surface area contributed by atoms with Gasteiger partial charge < -0.3 is 9.80 Å². The molecule has 1 aromatic carbocycles. The molecule has 1 aliphatic rings. The predicted molar refractivity (Wildman–Crippen MR) is 92.0 cm³/mol. The number of hydrogen-bond acceptors (Lipinski definition) is 3. The number of benzene rings is 1. The predicted octanol–water partition coefficient (Wildman–Crippen LogP) is 2.30. The average molecular weight is 323 g/mol. The van der Waals surface area contributed by atoms with E-state index in [9.17, 15) is 9.59 Å². The van der Waals surface area contributed by atoms with Gasteiger partial charge in [0.25, 0.3) is 11.8 Å². The molecule has 0 unspecified atom stereocenters. The van der Waals surface area contributed by atoms with Crippen molar-refractivity contribution >= 4 is 11.8 Å². The van der Waals surface area contributed by atoms with E-state index >= 15 is 0 Å². The van der Waals surface area contributed by atoms with Crippen molar-refractivity contribution in [1.29, 1.82) is 0 Å². The van der Waals surface area contributed by atoms with E-state index in [1.54, 1.807) is 29.3 Å². The first-order valence-corrected chi connectivity index (χ1v) is 8.13. The van der Waals surface area contributed by atoms with Crippen LogP contribution in [0.5, 0.6) is 0 Å². The van der Waals surface area contributed by atoms with E-state index in [1.165, 1.54) is 5.56 Å². The summed E-state index contributed by atoms with van der Waals surface area (Å²) in [5, 5.41) is 0. The van der Waals surface area contributed by atoms with Crippen LogP contribution in [0.2, 0.25) is 0 Å². The van der Waals surface area contributed by atoms with Gasteiger partial charge in [-0.15, -0.1) is 0 Å². The molecule has 2 amide bonds. The molecule has 0 spiro atoms. The fraction of sp³-hybridized carbons (Fsp3) is 0.316. The lowest BCUT2D eigenvalue weighted by Crippen LogP contribution is -2.50. The molecule has 2 heterocycles. The van der Waals surface area contributed by atoms with Gasteiger partial charge in [-0.3, -0.25) is 14.6 Å². The summed E-state index contributed by atoms with van der Waals surface area (Å²) in [5.74, 6) is -0.0445. The van der Waals surface area contributed by atoms with E-state index < -0.39 is 0 Å². The van der Waals surface area contributed by atoms with Crippen molar-refractivity contribution in [2.75, 3.05) is 26.2 Å². The molecule has 0 atom stereocenters. The van der Waals surface area contributed by atoms with Crippen LogP contribution < -0.4 is 0 Å². The minimum atomic E-state index is -0.0751. The highest BCUT2D eigenvalue weighted by molar-refractivity contribution is 5.95. The fourth-order valence-electron chi connectivity index (χ4n) is 2.82. The number of carbonyl (C=O) groups is 2. The molecule has 1 saturated heterocycles. The highest BCUT2D eigenvalue weighted by atomic mass is 16.2. The first-order chi connectivity index (χ1) is 11.6. The first-order valence-electron chi connectivity index (χ1n) is 8.13. The number of pyridine rings is 1. The summed E-state index contributed by atoms with van der Waals surface area (Å²) in [7, 11) is 0. The van der Waals surface area contributed by atoms with E-state index in [-0.39, 0.29) is 11.8 Å². The van der Waals surface area contributed by atoms with Crippen LogP contribution in [0.3, 0.4) is 0 Å². The third kappa shape index (κ3) is 3.30. The Kier molecular flexibility index (Phi) is 4.60. The van der Waals surface area contributed by atoms with Gasteiger partial charge in [0.1, 0.15) is 5.69 Å². The third-order valence-corrected chi connectivity index (χ3v) is 4.49. The minimum absolute atomic E-state index is 0.0306. The number of piperazine rings is 1. The van der Waals surface area contributed by atoms with E-state index in [4.69, 9.17) is 0 Å². The second-order valence-electron chi connectivity index (χ2n) is 6.10. The lowest BCUT2D eigenvalue weighted by molar-refractivity contribution is 0.0532. The Balaban J connectivity index is 1.63. The zero-order chi connectivity index (χ0) is 17.1. The molecule has 24 heavy (non-hydrogen) atoms. The maximum Gasteiger partial charge on any atom is 0.272 e. The van der Waals surface area contributed by atoms with Crippen LogP contribution in [0, 0.1) is 13.8 Å². The number of carbonyl (C=O) groups excluding carboxylic acids is 2. The summed E-state index contributed by atoms with van der Waals surface area (Å²) >= 11 is 0. The second kappa shape index (κ2) is 6.83. The molecule has 0 aliphatic carbocycles. The Morgan fingerprint density at radius 2 is 1.54 bits per heavy atom. The molecule has 0 N–H and O–H groups in total. The molecule has 1 aromatic heterocycles. The Morgan fingerprint density at radius 3 is 2.12 bits per heavy atom. The second-order valence-corrected chi connectivity index (χ2v) is 6.10. The van der Waals surface area contributed by atoms with Crippen LogP contribution in [0.25, 0.3) is 0 Å². The lowest BCUT2D eigenvalue weighted by atomic mass is 10.1. The van der Waals surface area contributed by atoms with Gasteiger partial charge in [-0.25, -0.2) is 0 Å². The van der Waals surface area contributed by atoms with Crippen molar-refractivity contribution in [2.24, 2.45) is 0 Å². The zero-order valence-electron chi connectivity index (χ0n) is 14.0. The zero-order valence-corrected chi connectivity index (χ0v) is 14.0. The molecular formula is C19H21N3O2. The smallest absolute Gasteiger partial charge is 0.272 e. The number of nitrogens with zero attached hydrogens (tertiary/aromatic N) is 3. The Morgan fingerprint density at radius 1 is 0.875 bits per heavy atom. The SMILES string of the molecule is Cc1ccc(C(=O)N2CCN(C(=O)c3ccccn3)CC2)cc1C. The van der Waals surface area contributed by atoms with E-state index in [0.717, 1.165) is 5.56 Å². The molecule has 5 heteroatoms. The van der Waals surface area contributed by atoms with E-state index in [1.807, 2.05) is 36.9 Å². The van der Waals surface area contributed by atoms with Crippen LogP contribution in [0.15, 0.2) is 42.6 Å². The molecular weight excluding hydrogens is 302 g/mol. The molecule has 5 nitrogen and oxygen atoms in total. The fourth-order valence-corrected chi connectivity index (χ4v) is 2.82. The topological polar surface area (TPSA) is 53.5 Å². The van der Waals surface area contributed by atoms with Crippen molar-refractivity contribution in [3.63, 3.8) is 0 Å². The van der Waals surface area contributed by atoms with Crippen LogP contribution in [-0.2, 0) is 0 Å². The number of amides is 2. The summed E-state index contributed by atoms with van der Waals surface area (Å²) in [6, 6.07) is 11.1. The molecule has 3 rings (SSSR count). The first kappa shape index (κ1) is 16.2. The number of rotatable bonds is 2. The molecule has 0 saturated carbocycles. The van der Waals surface area contributed by atoms with Gasteiger partial charge in [-0.2, -0.15) is 0 Å². The molecule has 0 radical (unpaired) electrons. The van der Waals surface area contributed by atoms with Gasteiger partial charge in [0.2, 0.25) is 0 Å². The maximum atomic E-state index is 12.6. The van der Waals surface area contributed by atoms with Crippen molar-refractivity contribution in [3.8, 4) is 0 Å². The minimum Gasteiger partial charge on any atom is -0.335 e.